The van der Waals surface area contributed by atoms with Crippen molar-refractivity contribution in [3.8, 4) is 5.75 Å². The van der Waals surface area contributed by atoms with Crippen molar-refractivity contribution in [1.29, 1.82) is 0 Å². The van der Waals surface area contributed by atoms with Crippen LogP contribution in [0, 0.1) is 0 Å². The lowest BCUT2D eigenvalue weighted by Crippen LogP contribution is -2.17. The van der Waals surface area contributed by atoms with Gasteiger partial charge in [-0.05, 0) is 29.7 Å². The molecule has 7 heteroatoms. The van der Waals surface area contributed by atoms with Gasteiger partial charge in [0.15, 0.2) is 5.13 Å². The predicted octanol–water partition coefficient (Wildman–Crippen LogP) is 3.67. The van der Waals surface area contributed by atoms with Crippen molar-refractivity contribution in [1.82, 2.24) is 10.4 Å². The number of hydrazone groups is 1. The minimum absolute atomic E-state index is 0.308. The van der Waals surface area contributed by atoms with Gasteiger partial charge in [-0.25, -0.2) is 10.4 Å². The molecular formula is C21H22N4O2S. The number of carbonyl (C=O) groups excluding carboxylic acids is 1. The summed E-state index contributed by atoms with van der Waals surface area (Å²) in [4.78, 5) is 16.9. The van der Waals surface area contributed by atoms with Gasteiger partial charge in [0.2, 0.25) is 0 Å². The molecule has 0 aliphatic rings. The van der Waals surface area contributed by atoms with E-state index >= 15 is 0 Å². The first-order valence-electron chi connectivity index (χ1n) is 9.01. The molecule has 0 aliphatic carbocycles. The summed E-state index contributed by atoms with van der Waals surface area (Å²) in [6, 6.07) is 17.7. The van der Waals surface area contributed by atoms with Crippen molar-refractivity contribution < 1.29 is 9.53 Å². The molecule has 1 heterocycles. The lowest BCUT2D eigenvalue weighted by Gasteiger charge is -2.07. The number of carbonyl (C=O) groups is 1. The van der Waals surface area contributed by atoms with Gasteiger partial charge >= 0.3 is 0 Å². The van der Waals surface area contributed by atoms with Crippen LogP contribution >= 0.6 is 11.3 Å². The first-order valence-corrected chi connectivity index (χ1v) is 9.82. The number of thiazole rings is 1. The fourth-order valence-electron chi connectivity index (χ4n) is 2.62. The van der Waals surface area contributed by atoms with Gasteiger partial charge in [0.25, 0.3) is 5.91 Å². The van der Waals surface area contributed by atoms with Gasteiger partial charge in [0, 0.05) is 6.42 Å². The molecule has 0 atom stereocenters. The van der Waals surface area contributed by atoms with Gasteiger partial charge in [-0.3, -0.25) is 4.79 Å². The van der Waals surface area contributed by atoms with E-state index in [0.717, 1.165) is 29.1 Å². The van der Waals surface area contributed by atoms with Gasteiger partial charge in [-0.2, -0.15) is 5.10 Å². The van der Waals surface area contributed by atoms with Crippen LogP contribution in [0.5, 0.6) is 5.75 Å². The highest BCUT2D eigenvalue weighted by Crippen LogP contribution is 2.20. The summed E-state index contributed by atoms with van der Waals surface area (Å²) in [5.41, 5.74) is 11.0. The van der Waals surface area contributed by atoms with Crippen LogP contribution in [-0.4, -0.2) is 23.7 Å². The maximum atomic E-state index is 12.2. The molecule has 144 valence electrons. The van der Waals surface area contributed by atoms with Crippen molar-refractivity contribution in [3.05, 3.63) is 76.3 Å². The second kappa shape index (κ2) is 9.66. The smallest absolute Gasteiger partial charge is 0.283 e. The van der Waals surface area contributed by atoms with Crippen molar-refractivity contribution >= 4 is 28.6 Å². The first-order chi connectivity index (χ1) is 13.7. The molecule has 3 aromatic rings. The van der Waals surface area contributed by atoms with Crippen LogP contribution in [0.3, 0.4) is 0 Å². The molecule has 2 aromatic carbocycles. The average Bonchev–Trinajstić information content (AvgIpc) is 3.10. The molecule has 1 amide bonds. The topological polar surface area (TPSA) is 89.6 Å². The number of aromatic nitrogens is 1. The fourth-order valence-corrected chi connectivity index (χ4v) is 3.43. The Morgan fingerprint density at radius 2 is 2.07 bits per heavy atom. The van der Waals surface area contributed by atoms with Crippen molar-refractivity contribution in [2.75, 3.05) is 12.3 Å². The molecule has 0 bridgehead atoms. The molecule has 3 rings (SSSR count). The lowest BCUT2D eigenvalue weighted by molar-refractivity contribution is 0.0958. The largest absolute Gasteiger partial charge is 0.493 e. The first kappa shape index (κ1) is 19.6. The number of hydrogen-bond acceptors (Lipinski definition) is 6. The maximum absolute atomic E-state index is 12.2. The molecule has 3 N–H and O–H groups in total. The summed E-state index contributed by atoms with van der Waals surface area (Å²) < 4.78 is 5.81. The molecular weight excluding hydrogens is 372 g/mol. The number of rotatable bonds is 8. The van der Waals surface area contributed by atoms with E-state index in [2.05, 4.69) is 27.6 Å². The van der Waals surface area contributed by atoms with Gasteiger partial charge in [-0.1, -0.05) is 60.7 Å². The molecule has 0 saturated carbocycles. The number of nitrogens with one attached hydrogen (secondary N) is 1. The van der Waals surface area contributed by atoms with Crippen molar-refractivity contribution in [2.45, 2.75) is 19.8 Å². The predicted molar refractivity (Wildman–Crippen MR) is 113 cm³/mol. The van der Waals surface area contributed by atoms with E-state index in [9.17, 15) is 4.79 Å². The van der Waals surface area contributed by atoms with Gasteiger partial charge in [0.05, 0.1) is 18.5 Å². The Hall–Kier alpha value is -3.19. The second-order valence-corrected chi connectivity index (χ2v) is 7.07. The lowest BCUT2D eigenvalue weighted by atomic mass is 10.2. The Morgan fingerprint density at radius 3 is 2.86 bits per heavy atom. The minimum Gasteiger partial charge on any atom is -0.493 e. The second-order valence-electron chi connectivity index (χ2n) is 6.04. The number of nitrogens with zero attached hydrogens (tertiary/aromatic N) is 2. The monoisotopic (exact) mass is 394 g/mol. The molecule has 1 aromatic heterocycles. The number of nitrogens with two attached hydrogens (primary N) is 1. The number of amides is 1. The molecule has 0 fully saturated rings. The minimum atomic E-state index is -0.308. The summed E-state index contributed by atoms with van der Waals surface area (Å²) in [5, 5.41) is 4.41. The normalized spacial score (nSPS) is 10.9. The number of benzene rings is 2. The van der Waals surface area contributed by atoms with E-state index < -0.39 is 0 Å². The van der Waals surface area contributed by atoms with Crippen LogP contribution in [0.15, 0.2) is 59.7 Å². The van der Waals surface area contributed by atoms with E-state index in [1.807, 2.05) is 49.4 Å². The number of hydrogen-bond donors (Lipinski definition) is 2. The van der Waals surface area contributed by atoms with E-state index in [-0.39, 0.29) is 5.91 Å². The van der Waals surface area contributed by atoms with Crippen LogP contribution in [0.4, 0.5) is 5.13 Å². The zero-order valence-electron chi connectivity index (χ0n) is 15.6. The standard InChI is InChI=1S/C21H22N4O2S/c1-2-18-19(28-21(22)24-18)20(26)25-23-14-16-9-6-10-17(13-16)27-12-11-15-7-4-3-5-8-15/h3-10,13-14H,2,11-12H2,1H3,(H2,22,24)(H,25,26)/b23-14+. The molecule has 0 unspecified atom stereocenters. The number of nitrogen functional groups attached to an aromatic ring is 1. The molecule has 6 nitrogen and oxygen atoms in total. The van der Waals surface area contributed by atoms with Crippen LogP contribution in [-0.2, 0) is 12.8 Å². The highest BCUT2D eigenvalue weighted by atomic mass is 32.1. The SMILES string of the molecule is CCc1nc(N)sc1C(=O)N/N=C/c1cccc(OCCc2ccccc2)c1. The number of aryl methyl sites for hydroxylation is 1. The summed E-state index contributed by atoms with van der Waals surface area (Å²) in [6.45, 7) is 2.52. The van der Waals surface area contributed by atoms with Crippen LogP contribution < -0.4 is 15.9 Å². The van der Waals surface area contributed by atoms with Gasteiger partial charge in [0.1, 0.15) is 10.6 Å². The summed E-state index contributed by atoms with van der Waals surface area (Å²) in [5.74, 6) is 0.451. The zero-order valence-corrected chi connectivity index (χ0v) is 16.4. The molecule has 0 aliphatic heterocycles. The Bertz CT molecular complexity index is 954. The van der Waals surface area contributed by atoms with Crippen molar-refractivity contribution in [3.63, 3.8) is 0 Å². The molecule has 0 spiro atoms. The van der Waals surface area contributed by atoms with E-state index in [4.69, 9.17) is 10.5 Å². The Balaban J connectivity index is 1.54. The molecule has 0 saturated heterocycles. The van der Waals surface area contributed by atoms with Crippen LogP contribution in [0.2, 0.25) is 0 Å². The number of anilines is 1. The zero-order chi connectivity index (χ0) is 19.8. The number of ether oxygens (including phenoxy) is 1. The molecule has 28 heavy (non-hydrogen) atoms. The Kier molecular flexibility index (Phi) is 6.75. The van der Waals surface area contributed by atoms with Crippen molar-refractivity contribution in [2.24, 2.45) is 5.10 Å². The summed E-state index contributed by atoms with van der Waals surface area (Å²) in [6.07, 6.45) is 3.06. The van der Waals surface area contributed by atoms with E-state index in [0.29, 0.717) is 28.7 Å². The quantitative estimate of drug-likeness (QED) is 0.451. The highest BCUT2D eigenvalue weighted by Gasteiger charge is 2.15. The summed E-state index contributed by atoms with van der Waals surface area (Å²) in [7, 11) is 0. The van der Waals surface area contributed by atoms with Gasteiger partial charge < -0.3 is 10.5 Å². The average molecular weight is 395 g/mol. The van der Waals surface area contributed by atoms with Crippen LogP contribution in [0.25, 0.3) is 0 Å². The third-order valence-electron chi connectivity index (χ3n) is 4.00. The highest BCUT2D eigenvalue weighted by molar-refractivity contribution is 7.17. The maximum Gasteiger partial charge on any atom is 0.283 e. The Labute approximate surface area is 168 Å². The molecule has 0 radical (unpaired) electrons. The van der Waals surface area contributed by atoms with Gasteiger partial charge in [-0.15, -0.1) is 0 Å². The third-order valence-corrected chi connectivity index (χ3v) is 4.92. The summed E-state index contributed by atoms with van der Waals surface area (Å²) >= 11 is 1.16. The van der Waals surface area contributed by atoms with Crippen LogP contribution in [0.1, 0.15) is 33.4 Å². The Morgan fingerprint density at radius 1 is 1.25 bits per heavy atom. The van der Waals surface area contributed by atoms with E-state index in [1.165, 1.54) is 5.56 Å². The third kappa shape index (κ3) is 5.40. The fraction of sp³-hybridized carbons (Fsp3) is 0.190. The van der Waals surface area contributed by atoms with E-state index in [1.54, 1.807) is 6.21 Å².